The topological polar surface area (TPSA) is 112 Å². The molecule has 5 aromatic heterocycles. The minimum absolute atomic E-state index is 0.334. The Morgan fingerprint density at radius 1 is 0.875 bits per heavy atom. The fourth-order valence-corrected chi connectivity index (χ4v) is 6.24. The molecule has 1 unspecified atom stereocenters. The highest BCUT2D eigenvalue weighted by Crippen LogP contribution is 2.37. The zero-order valence-corrected chi connectivity index (χ0v) is 21.8. The quantitative estimate of drug-likeness (QED) is 0.343. The molecule has 0 spiro atoms. The molecule has 0 saturated carbocycles. The summed E-state index contributed by atoms with van der Waals surface area (Å²) in [5, 5.41) is 8.30. The molecule has 0 bridgehead atoms. The number of hydrogen-bond acceptors (Lipinski definition) is 7. The summed E-state index contributed by atoms with van der Waals surface area (Å²) in [7, 11) is 0. The van der Waals surface area contributed by atoms with Gasteiger partial charge in [-0.3, -0.25) is 9.55 Å². The van der Waals surface area contributed by atoms with Crippen LogP contribution in [0.4, 0.5) is 5.82 Å². The van der Waals surface area contributed by atoms with Crippen molar-refractivity contribution in [2.24, 2.45) is 0 Å². The van der Waals surface area contributed by atoms with Crippen LogP contribution in [0.15, 0.2) is 85.5 Å². The summed E-state index contributed by atoms with van der Waals surface area (Å²) in [5.41, 5.74) is 14.9. The monoisotopic (exact) mass is 525 g/mol. The molecule has 0 fully saturated rings. The molecule has 196 valence electrons. The number of nitrogen functional groups attached to an aromatic ring is 1. The number of benzene rings is 1. The molecule has 2 aliphatic carbocycles. The molecule has 9 nitrogen and oxygen atoms in total. The first kappa shape index (κ1) is 23.0. The second kappa shape index (κ2) is 9.10. The van der Waals surface area contributed by atoms with Gasteiger partial charge in [-0.05, 0) is 84.5 Å². The van der Waals surface area contributed by atoms with E-state index in [0.717, 1.165) is 59.7 Å². The molecule has 2 atom stereocenters. The van der Waals surface area contributed by atoms with Crippen molar-refractivity contribution in [2.45, 2.75) is 37.8 Å². The number of pyridine rings is 3. The van der Waals surface area contributed by atoms with Crippen LogP contribution in [-0.4, -0.2) is 40.3 Å². The first-order valence-electron chi connectivity index (χ1n) is 13.6. The lowest BCUT2D eigenvalue weighted by Gasteiger charge is -2.20. The standard InChI is InChI=1S/C31H27N9/c32-29-24(5-2-13-34-29)30-37-26-10-11-28(39-15-3-14-35-39)38-31(26)40(30)22-7-8-23-19(17-22)6-9-25(23)36-21-16-20-4-1-12-33-27(20)18-21/h1-5,7-8,10-15,17,21,25,36H,6,9,16,18H2,(H2,32,34)/t21?,25-/m0/s1. The van der Waals surface area contributed by atoms with Crippen molar-refractivity contribution in [3.63, 3.8) is 0 Å². The van der Waals surface area contributed by atoms with Crippen LogP contribution in [0.2, 0.25) is 0 Å². The van der Waals surface area contributed by atoms with Crippen molar-refractivity contribution >= 4 is 17.0 Å². The third-order valence-electron chi connectivity index (χ3n) is 8.10. The number of nitrogens with one attached hydrogen (secondary N) is 1. The SMILES string of the molecule is Nc1ncccc1-c1nc2ccc(-n3cccn3)nc2n1-c1ccc2c(c1)CC[C@@H]2NC1Cc2cccnc2C1. The van der Waals surface area contributed by atoms with Crippen molar-refractivity contribution in [1.82, 2.24) is 39.6 Å². The second-order valence-corrected chi connectivity index (χ2v) is 10.5. The van der Waals surface area contributed by atoms with Gasteiger partial charge in [-0.15, -0.1) is 0 Å². The van der Waals surface area contributed by atoms with Gasteiger partial charge in [0, 0.05) is 54.7 Å². The van der Waals surface area contributed by atoms with Crippen LogP contribution < -0.4 is 11.1 Å². The van der Waals surface area contributed by atoms with E-state index >= 15 is 0 Å². The largest absolute Gasteiger partial charge is 0.383 e. The van der Waals surface area contributed by atoms with E-state index in [4.69, 9.17) is 15.7 Å². The Balaban J connectivity index is 1.19. The summed E-state index contributed by atoms with van der Waals surface area (Å²) in [6, 6.07) is 21.3. The van der Waals surface area contributed by atoms with Gasteiger partial charge in [0.1, 0.15) is 11.3 Å². The van der Waals surface area contributed by atoms with Crippen LogP contribution in [0.25, 0.3) is 34.1 Å². The molecule has 40 heavy (non-hydrogen) atoms. The Kier molecular flexibility index (Phi) is 5.24. The van der Waals surface area contributed by atoms with E-state index in [2.05, 4.69) is 49.2 Å². The van der Waals surface area contributed by atoms with E-state index in [1.165, 1.54) is 22.4 Å². The molecule has 6 aromatic rings. The third kappa shape index (κ3) is 3.77. The number of anilines is 1. The fourth-order valence-electron chi connectivity index (χ4n) is 6.24. The van der Waals surface area contributed by atoms with Gasteiger partial charge in [0.25, 0.3) is 0 Å². The zero-order chi connectivity index (χ0) is 26.6. The van der Waals surface area contributed by atoms with Crippen molar-refractivity contribution < 1.29 is 0 Å². The van der Waals surface area contributed by atoms with Crippen LogP contribution in [0.3, 0.4) is 0 Å². The first-order chi connectivity index (χ1) is 19.7. The number of fused-ring (bicyclic) bond motifs is 3. The van der Waals surface area contributed by atoms with Gasteiger partial charge >= 0.3 is 0 Å². The average molecular weight is 526 g/mol. The fraction of sp³-hybridized carbons (Fsp3) is 0.194. The molecule has 1 aromatic carbocycles. The van der Waals surface area contributed by atoms with Gasteiger partial charge in [-0.1, -0.05) is 12.1 Å². The lowest BCUT2D eigenvalue weighted by molar-refractivity contribution is 0.442. The maximum atomic E-state index is 6.33. The van der Waals surface area contributed by atoms with E-state index in [1.54, 1.807) is 17.1 Å². The van der Waals surface area contributed by atoms with Gasteiger partial charge < -0.3 is 11.1 Å². The lowest BCUT2D eigenvalue weighted by atomic mass is 10.1. The minimum atomic E-state index is 0.334. The van der Waals surface area contributed by atoms with Gasteiger partial charge in [-0.25, -0.2) is 19.6 Å². The highest BCUT2D eigenvalue weighted by Gasteiger charge is 2.29. The summed E-state index contributed by atoms with van der Waals surface area (Å²) < 4.78 is 3.85. The lowest BCUT2D eigenvalue weighted by Crippen LogP contribution is -2.32. The number of imidazole rings is 1. The van der Waals surface area contributed by atoms with Crippen molar-refractivity contribution in [3.8, 4) is 22.9 Å². The van der Waals surface area contributed by atoms with Crippen molar-refractivity contribution in [3.05, 3.63) is 108 Å². The number of hydrogen-bond donors (Lipinski definition) is 2. The first-order valence-corrected chi connectivity index (χ1v) is 13.6. The highest BCUT2D eigenvalue weighted by atomic mass is 15.3. The summed E-state index contributed by atoms with van der Waals surface area (Å²) in [5.74, 6) is 1.88. The van der Waals surface area contributed by atoms with Gasteiger partial charge in [0.15, 0.2) is 17.3 Å². The van der Waals surface area contributed by atoms with Gasteiger partial charge in [0.05, 0.1) is 5.56 Å². The number of nitrogens with two attached hydrogens (primary N) is 1. The second-order valence-electron chi connectivity index (χ2n) is 10.5. The van der Waals surface area contributed by atoms with Crippen LogP contribution in [-0.2, 0) is 19.3 Å². The molecule has 8 rings (SSSR count). The summed E-state index contributed by atoms with van der Waals surface area (Å²) in [6.07, 6.45) is 11.3. The molecule has 0 aliphatic heterocycles. The predicted octanol–water partition coefficient (Wildman–Crippen LogP) is 4.39. The average Bonchev–Trinajstić information content (AvgIpc) is 3.78. The summed E-state index contributed by atoms with van der Waals surface area (Å²) in [6.45, 7) is 0. The van der Waals surface area contributed by atoms with E-state index < -0.39 is 0 Å². The van der Waals surface area contributed by atoms with E-state index in [1.807, 2.05) is 48.8 Å². The maximum Gasteiger partial charge on any atom is 0.167 e. The molecule has 2 aliphatic rings. The molecular formula is C31H27N9. The minimum Gasteiger partial charge on any atom is -0.383 e. The van der Waals surface area contributed by atoms with Crippen molar-refractivity contribution in [1.29, 1.82) is 0 Å². The normalized spacial score (nSPS) is 17.8. The van der Waals surface area contributed by atoms with Crippen LogP contribution >= 0.6 is 0 Å². The summed E-state index contributed by atoms with van der Waals surface area (Å²) >= 11 is 0. The van der Waals surface area contributed by atoms with E-state index in [-0.39, 0.29) is 0 Å². The number of nitrogens with zero attached hydrogens (tertiary/aromatic N) is 7. The highest BCUT2D eigenvalue weighted by molar-refractivity contribution is 5.83. The Labute approximate surface area is 230 Å². The molecular weight excluding hydrogens is 498 g/mol. The smallest absolute Gasteiger partial charge is 0.167 e. The molecule has 0 radical (unpaired) electrons. The van der Waals surface area contributed by atoms with Crippen LogP contribution in [0.1, 0.15) is 34.8 Å². The molecule has 0 amide bonds. The van der Waals surface area contributed by atoms with Gasteiger partial charge in [-0.2, -0.15) is 5.10 Å². The molecule has 9 heteroatoms. The van der Waals surface area contributed by atoms with Gasteiger partial charge in [0.2, 0.25) is 0 Å². The van der Waals surface area contributed by atoms with E-state index in [9.17, 15) is 0 Å². The number of aromatic nitrogens is 7. The Morgan fingerprint density at radius 3 is 2.67 bits per heavy atom. The number of rotatable bonds is 5. The molecule has 0 saturated heterocycles. The molecule has 3 N–H and O–H groups in total. The van der Waals surface area contributed by atoms with E-state index in [0.29, 0.717) is 17.9 Å². The Hall–Kier alpha value is -4.89. The summed E-state index contributed by atoms with van der Waals surface area (Å²) in [4.78, 5) is 18.9. The van der Waals surface area contributed by atoms with Crippen LogP contribution in [0, 0.1) is 0 Å². The van der Waals surface area contributed by atoms with Crippen LogP contribution in [0.5, 0.6) is 0 Å². The molecule has 5 heterocycles. The maximum absolute atomic E-state index is 6.33. The predicted molar refractivity (Wildman–Crippen MR) is 153 cm³/mol. The third-order valence-corrected chi connectivity index (χ3v) is 8.10. The number of aryl methyl sites for hydroxylation is 1. The zero-order valence-electron chi connectivity index (χ0n) is 21.8. The Morgan fingerprint density at radius 2 is 1.80 bits per heavy atom. The Bertz CT molecular complexity index is 1850. The van der Waals surface area contributed by atoms with Crippen molar-refractivity contribution in [2.75, 3.05) is 5.73 Å².